The molecule has 1 rings (SSSR count). The van der Waals surface area contributed by atoms with Crippen molar-refractivity contribution in [1.82, 2.24) is 9.97 Å². The lowest BCUT2D eigenvalue weighted by molar-refractivity contribution is 0.190. The zero-order chi connectivity index (χ0) is 17.8. The molecule has 0 spiro atoms. The quantitative estimate of drug-likeness (QED) is 0.468. The van der Waals surface area contributed by atoms with Crippen LogP contribution in [0.25, 0.3) is 0 Å². The molecule has 0 amide bonds. The van der Waals surface area contributed by atoms with E-state index >= 15 is 0 Å². The Balaban J connectivity index is 2.79. The van der Waals surface area contributed by atoms with Gasteiger partial charge in [-0.3, -0.25) is 0 Å². The third-order valence-electron chi connectivity index (χ3n) is 3.16. The van der Waals surface area contributed by atoms with Gasteiger partial charge in [0, 0.05) is 52.6 Å². The van der Waals surface area contributed by atoms with Crippen LogP contribution in [-0.4, -0.2) is 69.7 Å². The Labute approximate surface area is 144 Å². The van der Waals surface area contributed by atoms with Crippen molar-refractivity contribution in [3.8, 4) is 0 Å². The first-order valence-electron chi connectivity index (χ1n) is 8.21. The van der Waals surface area contributed by atoms with Gasteiger partial charge < -0.3 is 30.2 Å². The van der Waals surface area contributed by atoms with Gasteiger partial charge in [0.1, 0.15) is 11.6 Å². The van der Waals surface area contributed by atoms with Crippen LogP contribution < -0.4 is 16.0 Å². The maximum absolute atomic E-state index is 5.16. The van der Waals surface area contributed by atoms with E-state index in [9.17, 15) is 0 Å². The highest BCUT2D eigenvalue weighted by molar-refractivity contribution is 5.52. The Hall–Kier alpha value is -1.64. The first kappa shape index (κ1) is 20.4. The van der Waals surface area contributed by atoms with Crippen molar-refractivity contribution in [2.75, 3.05) is 63.6 Å². The molecule has 24 heavy (non-hydrogen) atoms. The number of hydrogen-bond donors (Lipinski definition) is 3. The van der Waals surface area contributed by atoms with Gasteiger partial charge in [0.15, 0.2) is 0 Å². The maximum Gasteiger partial charge on any atom is 0.226 e. The molecule has 1 aromatic heterocycles. The number of hydrogen-bond acceptors (Lipinski definition) is 8. The molecule has 0 aromatic carbocycles. The minimum atomic E-state index is 0.114. The predicted molar refractivity (Wildman–Crippen MR) is 96.9 cm³/mol. The molecular formula is C16H31N5O3. The summed E-state index contributed by atoms with van der Waals surface area (Å²) in [5.41, 5.74) is 0. The van der Waals surface area contributed by atoms with Crippen LogP contribution in [-0.2, 0) is 14.2 Å². The van der Waals surface area contributed by atoms with E-state index in [2.05, 4.69) is 25.9 Å². The van der Waals surface area contributed by atoms with Crippen molar-refractivity contribution in [3.05, 3.63) is 6.07 Å². The van der Waals surface area contributed by atoms with Gasteiger partial charge >= 0.3 is 0 Å². The SMILES string of the molecule is COCCCNc1cc(NC(C)COC)nc(NC(C)COC)n1. The Kier molecular flexibility index (Phi) is 10.1. The van der Waals surface area contributed by atoms with Gasteiger partial charge in [-0.2, -0.15) is 9.97 Å². The molecule has 0 aliphatic rings. The fourth-order valence-electron chi connectivity index (χ4n) is 2.17. The third-order valence-corrected chi connectivity index (χ3v) is 3.16. The number of aromatic nitrogens is 2. The monoisotopic (exact) mass is 341 g/mol. The van der Waals surface area contributed by atoms with Gasteiger partial charge in [-0.05, 0) is 20.3 Å². The largest absolute Gasteiger partial charge is 0.385 e. The zero-order valence-corrected chi connectivity index (χ0v) is 15.4. The van der Waals surface area contributed by atoms with Crippen molar-refractivity contribution in [2.45, 2.75) is 32.4 Å². The lowest BCUT2D eigenvalue weighted by Crippen LogP contribution is -2.24. The molecule has 8 nitrogen and oxygen atoms in total. The molecule has 2 atom stereocenters. The highest BCUT2D eigenvalue weighted by Gasteiger charge is 2.10. The summed E-state index contributed by atoms with van der Waals surface area (Å²) in [7, 11) is 5.05. The van der Waals surface area contributed by atoms with E-state index in [1.165, 1.54) is 0 Å². The molecule has 1 heterocycles. The number of nitrogens with one attached hydrogen (secondary N) is 3. The van der Waals surface area contributed by atoms with Crippen LogP contribution in [0.15, 0.2) is 6.07 Å². The summed E-state index contributed by atoms with van der Waals surface area (Å²) in [5, 5.41) is 9.86. The van der Waals surface area contributed by atoms with E-state index in [1.54, 1.807) is 21.3 Å². The average molecular weight is 341 g/mol. The summed E-state index contributed by atoms with van der Waals surface area (Å²) < 4.78 is 15.4. The molecule has 138 valence electrons. The minimum absolute atomic E-state index is 0.114. The van der Waals surface area contributed by atoms with Crippen LogP contribution in [0.4, 0.5) is 17.6 Å². The normalized spacial score (nSPS) is 13.4. The van der Waals surface area contributed by atoms with E-state index in [4.69, 9.17) is 14.2 Å². The van der Waals surface area contributed by atoms with Crippen LogP contribution in [0.1, 0.15) is 20.3 Å². The smallest absolute Gasteiger partial charge is 0.226 e. The Morgan fingerprint density at radius 3 is 2.17 bits per heavy atom. The number of nitrogens with zero attached hydrogens (tertiary/aromatic N) is 2. The van der Waals surface area contributed by atoms with Crippen molar-refractivity contribution in [1.29, 1.82) is 0 Å². The van der Waals surface area contributed by atoms with Gasteiger partial charge in [-0.1, -0.05) is 0 Å². The summed E-state index contributed by atoms with van der Waals surface area (Å²) in [6, 6.07) is 2.16. The maximum atomic E-state index is 5.16. The standard InChI is InChI=1S/C16H31N5O3/c1-12(10-23-4)18-15-9-14(17-7-6-8-22-3)20-16(21-15)19-13(2)11-24-5/h9,12-13H,6-8,10-11H2,1-5H3,(H3,17,18,19,20,21). The van der Waals surface area contributed by atoms with Crippen LogP contribution in [0.2, 0.25) is 0 Å². The Morgan fingerprint density at radius 1 is 0.917 bits per heavy atom. The van der Waals surface area contributed by atoms with Crippen LogP contribution in [0.3, 0.4) is 0 Å². The van der Waals surface area contributed by atoms with Crippen LogP contribution >= 0.6 is 0 Å². The van der Waals surface area contributed by atoms with Gasteiger partial charge in [-0.25, -0.2) is 0 Å². The molecular weight excluding hydrogens is 310 g/mol. The number of ether oxygens (including phenoxy) is 3. The van der Waals surface area contributed by atoms with E-state index in [0.29, 0.717) is 25.8 Å². The van der Waals surface area contributed by atoms with Crippen molar-refractivity contribution in [2.24, 2.45) is 0 Å². The molecule has 0 aliphatic carbocycles. The van der Waals surface area contributed by atoms with Gasteiger partial charge in [-0.15, -0.1) is 0 Å². The van der Waals surface area contributed by atoms with Crippen LogP contribution in [0, 0.1) is 0 Å². The molecule has 0 saturated carbocycles. The van der Waals surface area contributed by atoms with Gasteiger partial charge in [0.05, 0.1) is 13.2 Å². The van der Waals surface area contributed by atoms with Gasteiger partial charge in [0.25, 0.3) is 0 Å². The zero-order valence-electron chi connectivity index (χ0n) is 15.4. The molecule has 0 saturated heterocycles. The molecule has 0 bridgehead atoms. The van der Waals surface area contributed by atoms with E-state index in [-0.39, 0.29) is 12.1 Å². The molecule has 3 N–H and O–H groups in total. The lowest BCUT2D eigenvalue weighted by atomic mass is 10.3. The molecule has 0 aliphatic heterocycles. The highest BCUT2D eigenvalue weighted by Crippen LogP contribution is 2.16. The van der Waals surface area contributed by atoms with Crippen LogP contribution in [0.5, 0.6) is 0 Å². The first-order chi connectivity index (χ1) is 11.6. The van der Waals surface area contributed by atoms with E-state index < -0.39 is 0 Å². The van der Waals surface area contributed by atoms with Crippen molar-refractivity contribution >= 4 is 17.6 Å². The van der Waals surface area contributed by atoms with E-state index in [1.807, 2.05) is 19.9 Å². The van der Waals surface area contributed by atoms with Crippen molar-refractivity contribution in [3.63, 3.8) is 0 Å². The predicted octanol–water partition coefficient (Wildman–Crippen LogP) is 1.82. The minimum Gasteiger partial charge on any atom is -0.385 e. The fourth-order valence-corrected chi connectivity index (χ4v) is 2.17. The second-order valence-corrected chi connectivity index (χ2v) is 5.74. The number of methoxy groups -OCH3 is 3. The summed E-state index contributed by atoms with van der Waals surface area (Å²) in [4.78, 5) is 9.02. The lowest BCUT2D eigenvalue weighted by Gasteiger charge is -2.18. The number of rotatable bonds is 13. The average Bonchev–Trinajstić information content (AvgIpc) is 2.52. The van der Waals surface area contributed by atoms with E-state index in [0.717, 1.165) is 24.6 Å². The Bertz CT molecular complexity index is 429. The second kappa shape index (κ2) is 11.8. The summed E-state index contributed by atoms with van der Waals surface area (Å²) in [6.45, 7) is 6.74. The topological polar surface area (TPSA) is 89.6 Å². The summed E-state index contributed by atoms with van der Waals surface area (Å²) in [5.74, 6) is 2.07. The summed E-state index contributed by atoms with van der Waals surface area (Å²) in [6.07, 6.45) is 0.909. The molecule has 0 fully saturated rings. The first-order valence-corrected chi connectivity index (χ1v) is 8.21. The summed E-state index contributed by atoms with van der Waals surface area (Å²) >= 11 is 0. The van der Waals surface area contributed by atoms with Gasteiger partial charge in [0.2, 0.25) is 5.95 Å². The molecule has 0 radical (unpaired) electrons. The highest BCUT2D eigenvalue weighted by atomic mass is 16.5. The van der Waals surface area contributed by atoms with Crippen molar-refractivity contribution < 1.29 is 14.2 Å². The Morgan fingerprint density at radius 2 is 1.54 bits per heavy atom. The molecule has 2 unspecified atom stereocenters. The fraction of sp³-hybridized carbons (Fsp3) is 0.750. The number of anilines is 3. The molecule has 1 aromatic rings. The second-order valence-electron chi connectivity index (χ2n) is 5.74. The third kappa shape index (κ3) is 8.28. The molecule has 8 heteroatoms.